The van der Waals surface area contributed by atoms with Gasteiger partial charge in [-0.3, -0.25) is 4.79 Å². The first-order valence-electron chi connectivity index (χ1n) is 10.5. The van der Waals surface area contributed by atoms with Crippen LogP contribution in [0.15, 0.2) is 72.1 Å². The Morgan fingerprint density at radius 3 is 2.47 bits per heavy atom. The summed E-state index contributed by atoms with van der Waals surface area (Å²) in [5.74, 6) is -0.205. The van der Waals surface area contributed by atoms with Gasteiger partial charge in [-0.15, -0.1) is 11.3 Å². The van der Waals surface area contributed by atoms with Gasteiger partial charge in [-0.1, -0.05) is 48.5 Å². The van der Waals surface area contributed by atoms with Gasteiger partial charge in [0.05, 0.1) is 4.88 Å². The van der Waals surface area contributed by atoms with Crippen LogP contribution in [0.25, 0.3) is 0 Å². The summed E-state index contributed by atoms with van der Waals surface area (Å²) in [7, 11) is 0. The highest BCUT2D eigenvalue weighted by Gasteiger charge is 2.29. The number of carbonyl (C=O) groups is 1. The van der Waals surface area contributed by atoms with Gasteiger partial charge in [-0.05, 0) is 54.0 Å². The molecule has 156 valence electrons. The maximum atomic E-state index is 13.7. The van der Waals surface area contributed by atoms with Gasteiger partial charge in [0, 0.05) is 32.2 Å². The van der Waals surface area contributed by atoms with Gasteiger partial charge in [0.25, 0.3) is 5.91 Å². The van der Waals surface area contributed by atoms with Crippen molar-refractivity contribution >= 4 is 17.2 Å². The number of nitrogens with zero attached hydrogens (tertiary/aromatic N) is 2. The second-order valence-electron chi connectivity index (χ2n) is 7.85. The lowest BCUT2D eigenvalue weighted by atomic mass is 10.0. The fourth-order valence-corrected chi connectivity index (χ4v) is 4.81. The molecule has 3 aromatic rings. The lowest BCUT2D eigenvalue weighted by molar-refractivity contribution is 0.0555. The molecule has 5 heteroatoms. The third kappa shape index (κ3) is 5.35. The highest BCUT2D eigenvalue weighted by Crippen LogP contribution is 2.23. The molecular formula is C25H27FN2OS. The average Bonchev–Trinajstić information content (AvgIpc) is 3.32. The number of amides is 1. The average molecular weight is 423 g/mol. The normalized spacial score (nSPS) is 15.2. The van der Waals surface area contributed by atoms with E-state index in [1.165, 1.54) is 29.0 Å². The Labute approximate surface area is 181 Å². The molecule has 4 rings (SSSR count). The van der Waals surface area contributed by atoms with Crippen LogP contribution in [-0.2, 0) is 13.0 Å². The topological polar surface area (TPSA) is 23.6 Å². The van der Waals surface area contributed by atoms with Gasteiger partial charge in [0.2, 0.25) is 0 Å². The third-order valence-corrected chi connectivity index (χ3v) is 6.65. The van der Waals surface area contributed by atoms with Crippen molar-refractivity contribution in [3.05, 3.63) is 93.9 Å². The summed E-state index contributed by atoms with van der Waals surface area (Å²) in [6.45, 7) is 3.45. The van der Waals surface area contributed by atoms with Crippen LogP contribution in [0.5, 0.6) is 0 Å². The van der Waals surface area contributed by atoms with Crippen molar-refractivity contribution in [3.63, 3.8) is 0 Å². The van der Waals surface area contributed by atoms with Crippen molar-refractivity contribution in [1.82, 2.24) is 9.80 Å². The minimum atomic E-state index is -0.258. The maximum absolute atomic E-state index is 13.7. The maximum Gasteiger partial charge on any atom is 0.264 e. The molecule has 1 fully saturated rings. The molecule has 30 heavy (non-hydrogen) atoms. The van der Waals surface area contributed by atoms with Crippen molar-refractivity contribution in [1.29, 1.82) is 0 Å². The molecule has 0 spiro atoms. The Balaban J connectivity index is 1.40. The molecule has 1 aliphatic heterocycles. The number of hydrogen-bond acceptors (Lipinski definition) is 3. The van der Waals surface area contributed by atoms with E-state index in [-0.39, 0.29) is 17.8 Å². The van der Waals surface area contributed by atoms with Crippen molar-refractivity contribution in [3.8, 4) is 0 Å². The van der Waals surface area contributed by atoms with Crippen LogP contribution in [-0.4, -0.2) is 41.4 Å². The highest BCUT2D eigenvalue weighted by atomic mass is 32.1. The first-order valence-corrected chi connectivity index (χ1v) is 11.4. The Kier molecular flexibility index (Phi) is 6.92. The number of likely N-dealkylation sites (tertiary alicyclic amines) is 1. The van der Waals surface area contributed by atoms with Crippen LogP contribution in [0, 0.1) is 5.82 Å². The number of halogens is 1. The molecule has 0 atom stereocenters. The summed E-state index contributed by atoms with van der Waals surface area (Å²) >= 11 is 1.47. The summed E-state index contributed by atoms with van der Waals surface area (Å²) in [5, 5.41) is 1.93. The molecule has 0 unspecified atom stereocenters. The quantitative estimate of drug-likeness (QED) is 0.520. The van der Waals surface area contributed by atoms with E-state index in [0.717, 1.165) is 49.3 Å². The van der Waals surface area contributed by atoms with Gasteiger partial charge >= 0.3 is 0 Å². The number of piperidine rings is 1. The van der Waals surface area contributed by atoms with E-state index in [9.17, 15) is 9.18 Å². The molecule has 0 aliphatic carbocycles. The number of thiophene rings is 1. The molecule has 2 heterocycles. The molecule has 1 amide bonds. The van der Waals surface area contributed by atoms with Crippen molar-refractivity contribution in [2.75, 3.05) is 19.6 Å². The largest absolute Gasteiger partial charge is 0.331 e. The molecule has 0 saturated carbocycles. The second-order valence-corrected chi connectivity index (χ2v) is 8.80. The monoisotopic (exact) mass is 422 g/mol. The first-order chi connectivity index (χ1) is 14.7. The van der Waals surface area contributed by atoms with E-state index >= 15 is 0 Å². The Hall–Kier alpha value is -2.50. The third-order valence-electron chi connectivity index (χ3n) is 5.79. The van der Waals surface area contributed by atoms with E-state index in [1.54, 1.807) is 6.07 Å². The van der Waals surface area contributed by atoms with Crippen LogP contribution >= 0.6 is 11.3 Å². The van der Waals surface area contributed by atoms with Crippen LogP contribution in [0.1, 0.15) is 33.6 Å². The highest BCUT2D eigenvalue weighted by molar-refractivity contribution is 7.12. The fourth-order valence-electron chi connectivity index (χ4n) is 4.13. The molecule has 0 N–H and O–H groups in total. The number of benzene rings is 2. The van der Waals surface area contributed by atoms with Gasteiger partial charge < -0.3 is 9.80 Å². The minimum absolute atomic E-state index is 0.0528. The van der Waals surface area contributed by atoms with Gasteiger partial charge in [0.1, 0.15) is 5.82 Å². The SMILES string of the molecule is O=C(c1cccs1)N(Cc1cccc(F)c1)C1CCN(CCc2ccccc2)CC1. The molecule has 1 aliphatic rings. The van der Waals surface area contributed by atoms with Crippen molar-refractivity contribution in [2.45, 2.75) is 31.8 Å². The smallest absolute Gasteiger partial charge is 0.264 e. The summed E-state index contributed by atoms with van der Waals surface area (Å²) in [6, 6.07) is 21.1. The van der Waals surface area contributed by atoms with E-state index in [2.05, 4.69) is 29.2 Å². The molecule has 2 aromatic carbocycles. The van der Waals surface area contributed by atoms with E-state index in [0.29, 0.717) is 6.54 Å². The number of carbonyl (C=O) groups excluding carboxylic acids is 1. The van der Waals surface area contributed by atoms with E-state index in [4.69, 9.17) is 0 Å². The van der Waals surface area contributed by atoms with Crippen molar-refractivity contribution in [2.24, 2.45) is 0 Å². The van der Waals surface area contributed by atoms with Gasteiger partial charge in [0.15, 0.2) is 0 Å². The van der Waals surface area contributed by atoms with E-state index in [1.807, 2.05) is 34.5 Å². The summed E-state index contributed by atoms with van der Waals surface area (Å²) in [4.78, 5) is 18.4. The molecule has 1 aromatic heterocycles. The second kappa shape index (κ2) is 10.0. The Morgan fingerprint density at radius 1 is 1.00 bits per heavy atom. The summed E-state index contributed by atoms with van der Waals surface area (Å²) in [5.41, 5.74) is 2.20. The predicted octanol–water partition coefficient (Wildman–Crippen LogP) is 5.24. The number of hydrogen-bond donors (Lipinski definition) is 0. The summed E-state index contributed by atoms with van der Waals surface area (Å²) < 4.78 is 13.7. The standard InChI is InChI=1S/C25H27FN2OS/c26-22-9-4-8-21(18-22)19-28(25(29)24-10-5-17-30-24)23-12-15-27(16-13-23)14-11-20-6-2-1-3-7-20/h1-10,17-18,23H,11-16,19H2. The van der Waals surface area contributed by atoms with E-state index < -0.39 is 0 Å². The minimum Gasteiger partial charge on any atom is -0.331 e. The summed E-state index contributed by atoms with van der Waals surface area (Å²) in [6.07, 6.45) is 2.94. The van der Waals surface area contributed by atoms with Crippen LogP contribution in [0.3, 0.4) is 0 Å². The predicted molar refractivity (Wildman–Crippen MR) is 120 cm³/mol. The van der Waals surface area contributed by atoms with Gasteiger partial charge in [-0.2, -0.15) is 0 Å². The molecular weight excluding hydrogens is 395 g/mol. The zero-order valence-corrected chi connectivity index (χ0v) is 17.9. The number of rotatable bonds is 7. The Bertz CT molecular complexity index is 937. The molecule has 0 bridgehead atoms. The lowest BCUT2D eigenvalue weighted by Crippen LogP contribution is -2.47. The molecule has 1 saturated heterocycles. The zero-order valence-electron chi connectivity index (χ0n) is 17.0. The van der Waals surface area contributed by atoms with Crippen LogP contribution in [0.2, 0.25) is 0 Å². The zero-order chi connectivity index (χ0) is 20.8. The van der Waals surface area contributed by atoms with Crippen molar-refractivity contribution < 1.29 is 9.18 Å². The van der Waals surface area contributed by atoms with Gasteiger partial charge in [-0.25, -0.2) is 4.39 Å². The lowest BCUT2D eigenvalue weighted by Gasteiger charge is -2.38. The Morgan fingerprint density at radius 2 is 1.77 bits per heavy atom. The van der Waals surface area contributed by atoms with Crippen LogP contribution in [0.4, 0.5) is 4.39 Å². The molecule has 0 radical (unpaired) electrons. The van der Waals surface area contributed by atoms with Crippen LogP contribution < -0.4 is 0 Å². The fraction of sp³-hybridized carbons (Fsp3) is 0.320. The molecule has 3 nitrogen and oxygen atoms in total. The first kappa shape index (κ1) is 20.8.